The van der Waals surface area contributed by atoms with E-state index >= 15 is 0 Å². The lowest BCUT2D eigenvalue weighted by Crippen LogP contribution is -2.46. The van der Waals surface area contributed by atoms with Gasteiger partial charge in [0.25, 0.3) is 5.91 Å². The number of aromatic nitrogens is 1. The monoisotopic (exact) mass is 431 g/mol. The Morgan fingerprint density at radius 2 is 1.72 bits per heavy atom. The number of carbonyl (C=O) groups excluding carboxylic acids is 1. The zero-order valence-electron chi connectivity index (χ0n) is 17.9. The van der Waals surface area contributed by atoms with Crippen molar-refractivity contribution in [1.29, 1.82) is 0 Å². The zero-order valence-corrected chi connectivity index (χ0v) is 17.9. The Kier molecular flexibility index (Phi) is 5.72. The van der Waals surface area contributed by atoms with E-state index in [9.17, 15) is 14.3 Å². The van der Waals surface area contributed by atoms with Crippen LogP contribution >= 0.6 is 0 Å². The average molecular weight is 432 g/mol. The first-order valence-corrected chi connectivity index (χ1v) is 11.1. The lowest BCUT2D eigenvalue weighted by Gasteiger charge is -2.34. The molecule has 164 valence electrons. The summed E-state index contributed by atoms with van der Waals surface area (Å²) in [7, 11) is 0. The van der Waals surface area contributed by atoms with Gasteiger partial charge in [0.2, 0.25) is 5.95 Å². The fraction of sp³-hybridized carbons (Fsp3) is 0.308. The van der Waals surface area contributed by atoms with Crippen molar-refractivity contribution in [2.45, 2.75) is 25.5 Å². The summed E-state index contributed by atoms with van der Waals surface area (Å²) in [6.07, 6.45) is 2.55. The van der Waals surface area contributed by atoms with Crippen LogP contribution in [0.3, 0.4) is 0 Å². The summed E-state index contributed by atoms with van der Waals surface area (Å²) in [6.45, 7) is 3.21. The summed E-state index contributed by atoms with van der Waals surface area (Å²) in [5, 5.41) is 10.7. The molecule has 1 amide bonds. The predicted octanol–water partition coefficient (Wildman–Crippen LogP) is 3.31. The number of pyridine rings is 1. The number of carbonyl (C=O) groups is 1. The van der Waals surface area contributed by atoms with E-state index in [1.165, 1.54) is 23.4 Å². The molecule has 1 N–H and O–H groups in total. The predicted molar refractivity (Wildman–Crippen MR) is 121 cm³/mol. The maximum atomic E-state index is 13.5. The number of amides is 1. The Hall–Kier alpha value is -3.09. The van der Waals surface area contributed by atoms with E-state index in [-0.39, 0.29) is 5.91 Å². The van der Waals surface area contributed by atoms with Crippen LogP contribution in [0.4, 0.5) is 4.39 Å². The van der Waals surface area contributed by atoms with Crippen LogP contribution in [0, 0.1) is 5.95 Å². The van der Waals surface area contributed by atoms with Crippen LogP contribution in [-0.4, -0.2) is 58.1 Å². The number of hydrogen-bond donors (Lipinski definition) is 1. The standard InChI is InChI=1S/C26H26FN3O2/c27-25-14-20(7-10-28-25)19-5-6-24-21(13-19)9-12-30(26(24)32)17-23(31)16-29-11-8-18-3-1-2-4-22(18)15-29/h1-7,10,13-14,23,31H,8-9,11-12,15-17H2. The molecule has 0 spiro atoms. The van der Waals surface area contributed by atoms with Crippen molar-refractivity contribution in [3.8, 4) is 11.1 Å². The second-order valence-corrected chi connectivity index (χ2v) is 8.65. The first kappa shape index (κ1) is 20.8. The number of halogens is 1. The topological polar surface area (TPSA) is 56.7 Å². The van der Waals surface area contributed by atoms with E-state index in [1.54, 1.807) is 11.0 Å². The van der Waals surface area contributed by atoms with Crippen LogP contribution < -0.4 is 0 Å². The van der Waals surface area contributed by atoms with Gasteiger partial charge in [-0.25, -0.2) is 4.98 Å². The lowest BCUT2D eigenvalue weighted by molar-refractivity contribution is 0.0493. The molecule has 6 heteroatoms. The Morgan fingerprint density at radius 3 is 2.56 bits per heavy atom. The normalized spacial score (nSPS) is 17.1. The van der Waals surface area contributed by atoms with Crippen molar-refractivity contribution in [3.05, 3.63) is 89.0 Å². The molecule has 1 unspecified atom stereocenters. The Morgan fingerprint density at radius 1 is 0.938 bits per heavy atom. The molecule has 1 aromatic heterocycles. The zero-order chi connectivity index (χ0) is 22.1. The summed E-state index contributed by atoms with van der Waals surface area (Å²) in [5.74, 6) is -0.574. The van der Waals surface area contributed by atoms with E-state index < -0.39 is 12.1 Å². The van der Waals surface area contributed by atoms with Gasteiger partial charge in [0.1, 0.15) is 0 Å². The van der Waals surface area contributed by atoms with Gasteiger partial charge >= 0.3 is 0 Å². The van der Waals surface area contributed by atoms with Gasteiger partial charge in [-0.1, -0.05) is 36.4 Å². The fourth-order valence-electron chi connectivity index (χ4n) is 4.79. The quantitative estimate of drug-likeness (QED) is 0.630. The summed E-state index contributed by atoms with van der Waals surface area (Å²) in [4.78, 5) is 20.6. The third-order valence-corrected chi connectivity index (χ3v) is 6.44. The van der Waals surface area contributed by atoms with Crippen molar-refractivity contribution >= 4 is 5.91 Å². The number of hydrogen-bond acceptors (Lipinski definition) is 4. The maximum Gasteiger partial charge on any atom is 0.254 e. The molecule has 32 heavy (non-hydrogen) atoms. The van der Waals surface area contributed by atoms with E-state index in [0.717, 1.165) is 36.2 Å². The molecule has 0 saturated carbocycles. The molecule has 5 nitrogen and oxygen atoms in total. The van der Waals surface area contributed by atoms with Crippen LogP contribution in [0.15, 0.2) is 60.8 Å². The molecule has 3 heterocycles. The SMILES string of the molecule is O=C1c2ccc(-c3ccnc(F)c3)cc2CCN1CC(O)CN1CCc2ccccc2C1. The summed E-state index contributed by atoms with van der Waals surface area (Å²) in [6, 6.07) is 17.2. The molecular formula is C26H26FN3O2. The second-order valence-electron chi connectivity index (χ2n) is 8.65. The molecule has 2 aliphatic rings. The molecule has 0 aliphatic carbocycles. The summed E-state index contributed by atoms with van der Waals surface area (Å²) < 4.78 is 13.5. The van der Waals surface area contributed by atoms with Gasteiger partial charge in [-0.2, -0.15) is 4.39 Å². The number of fused-ring (bicyclic) bond motifs is 2. The number of benzene rings is 2. The number of nitrogens with zero attached hydrogens (tertiary/aromatic N) is 3. The molecule has 2 aromatic carbocycles. The molecule has 0 bridgehead atoms. The van der Waals surface area contributed by atoms with Gasteiger partial charge in [0, 0.05) is 50.6 Å². The van der Waals surface area contributed by atoms with Gasteiger partial charge in [-0.3, -0.25) is 9.69 Å². The van der Waals surface area contributed by atoms with Crippen molar-refractivity contribution in [2.75, 3.05) is 26.2 Å². The molecular weight excluding hydrogens is 405 g/mol. The largest absolute Gasteiger partial charge is 0.390 e. The second kappa shape index (κ2) is 8.81. The van der Waals surface area contributed by atoms with Gasteiger partial charge in [-0.15, -0.1) is 0 Å². The minimum Gasteiger partial charge on any atom is -0.390 e. The molecule has 0 fully saturated rings. The van der Waals surface area contributed by atoms with E-state index in [0.29, 0.717) is 31.6 Å². The lowest BCUT2D eigenvalue weighted by atomic mass is 9.94. The first-order valence-electron chi connectivity index (χ1n) is 11.1. The van der Waals surface area contributed by atoms with Crippen molar-refractivity contribution < 1.29 is 14.3 Å². The third-order valence-electron chi connectivity index (χ3n) is 6.44. The molecule has 3 aromatic rings. The van der Waals surface area contributed by atoms with E-state index in [4.69, 9.17) is 0 Å². The van der Waals surface area contributed by atoms with Gasteiger partial charge < -0.3 is 10.0 Å². The highest BCUT2D eigenvalue weighted by Crippen LogP contribution is 2.27. The van der Waals surface area contributed by atoms with Gasteiger partial charge in [-0.05, 0) is 52.8 Å². The highest BCUT2D eigenvalue weighted by atomic mass is 19.1. The molecule has 5 rings (SSSR count). The highest BCUT2D eigenvalue weighted by molar-refractivity contribution is 5.97. The van der Waals surface area contributed by atoms with Crippen LogP contribution in [0.5, 0.6) is 0 Å². The van der Waals surface area contributed by atoms with Gasteiger partial charge in [0.15, 0.2) is 0 Å². The van der Waals surface area contributed by atoms with Crippen molar-refractivity contribution in [3.63, 3.8) is 0 Å². The van der Waals surface area contributed by atoms with Crippen molar-refractivity contribution in [2.24, 2.45) is 0 Å². The Labute approximate surface area is 187 Å². The van der Waals surface area contributed by atoms with Gasteiger partial charge in [0.05, 0.1) is 6.10 Å². The number of β-amino-alcohol motifs (C(OH)–C–C–N with tert-alkyl or cyclic N) is 1. The minimum absolute atomic E-state index is 0.0539. The molecule has 0 radical (unpaired) electrons. The van der Waals surface area contributed by atoms with E-state index in [1.807, 2.05) is 18.2 Å². The van der Waals surface area contributed by atoms with Crippen LogP contribution in [0.1, 0.15) is 27.0 Å². The Bertz CT molecular complexity index is 1150. The summed E-state index contributed by atoms with van der Waals surface area (Å²) in [5.41, 5.74) is 5.94. The number of aliphatic hydroxyl groups is 1. The minimum atomic E-state index is -0.593. The van der Waals surface area contributed by atoms with Crippen LogP contribution in [0.25, 0.3) is 11.1 Å². The third kappa shape index (κ3) is 4.29. The van der Waals surface area contributed by atoms with Crippen LogP contribution in [0.2, 0.25) is 0 Å². The maximum absolute atomic E-state index is 13.5. The highest BCUT2D eigenvalue weighted by Gasteiger charge is 2.27. The van der Waals surface area contributed by atoms with E-state index in [2.05, 4.69) is 34.1 Å². The molecule has 1 atom stereocenters. The first-order chi connectivity index (χ1) is 15.6. The van der Waals surface area contributed by atoms with Crippen molar-refractivity contribution in [1.82, 2.24) is 14.8 Å². The Balaban J connectivity index is 1.23. The summed E-state index contributed by atoms with van der Waals surface area (Å²) >= 11 is 0. The number of aliphatic hydroxyl groups excluding tert-OH is 1. The van der Waals surface area contributed by atoms with Crippen LogP contribution in [-0.2, 0) is 19.4 Å². The average Bonchev–Trinajstić information content (AvgIpc) is 2.80. The molecule has 0 saturated heterocycles. The smallest absolute Gasteiger partial charge is 0.254 e. The molecule has 2 aliphatic heterocycles. The fourth-order valence-corrected chi connectivity index (χ4v) is 4.79. The number of rotatable bonds is 5.